The van der Waals surface area contributed by atoms with Crippen molar-refractivity contribution < 1.29 is 0 Å². The van der Waals surface area contributed by atoms with Crippen LogP contribution in [0, 0.1) is 6.92 Å². The normalized spacial score (nSPS) is 18.5. The number of fused-ring (bicyclic) bond motifs is 1. The van der Waals surface area contributed by atoms with Gasteiger partial charge in [-0.1, -0.05) is 49.4 Å². The Bertz CT molecular complexity index is 583. The maximum Gasteiger partial charge on any atom is 0.0292 e. The minimum absolute atomic E-state index is 0.536. The van der Waals surface area contributed by atoms with Crippen LogP contribution in [0.2, 0.25) is 0 Å². The number of nitrogens with one attached hydrogen (secondary N) is 1. The molecule has 0 fully saturated rings. The number of aryl methyl sites for hydroxylation is 1. The van der Waals surface area contributed by atoms with Gasteiger partial charge in [-0.25, -0.2) is 0 Å². The first kappa shape index (κ1) is 14.7. The van der Waals surface area contributed by atoms with Gasteiger partial charge in [0, 0.05) is 16.2 Å². The molecule has 1 N–H and O–H groups in total. The summed E-state index contributed by atoms with van der Waals surface area (Å²) in [6.07, 6.45) is 2.30. The van der Waals surface area contributed by atoms with Crippen LogP contribution in [-0.2, 0) is 12.8 Å². The molecule has 2 aromatic carbocycles. The maximum absolute atomic E-state index is 3.71. The van der Waals surface area contributed by atoms with E-state index in [0.29, 0.717) is 11.3 Å². The SMILES string of the molecule is CCNC(Cc1ccccc1C)C1Cc2ccccc2S1. The summed E-state index contributed by atoms with van der Waals surface area (Å²) in [5.41, 5.74) is 4.39. The lowest BCUT2D eigenvalue weighted by atomic mass is 9.96. The summed E-state index contributed by atoms with van der Waals surface area (Å²) in [5, 5.41) is 4.35. The van der Waals surface area contributed by atoms with Crippen LogP contribution in [0.5, 0.6) is 0 Å². The third-order valence-electron chi connectivity index (χ3n) is 4.29. The Morgan fingerprint density at radius 3 is 2.67 bits per heavy atom. The Balaban J connectivity index is 1.76. The molecule has 0 aliphatic carbocycles. The van der Waals surface area contributed by atoms with Crippen molar-refractivity contribution in [3.05, 3.63) is 65.2 Å². The molecule has 0 saturated heterocycles. The Hall–Kier alpha value is -1.25. The number of likely N-dealkylation sites (N-methyl/N-ethyl adjacent to an activating group) is 1. The van der Waals surface area contributed by atoms with Crippen molar-refractivity contribution in [3.63, 3.8) is 0 Å². The zero-order chi connectivity index (χ0) is 14.7. The van der Waals surface area contributed by atoms with Crippen LogP contribution in [0.3, 0.4) is 0 Å². The molecule has 1 nitrogen and oxygen atoms in total. The third-order valence-corrected chi connectivity index (χ3v) is 5.74. The number of hydrogen-bond donors (Lipinski definition) is 1. The predicted molar refractivity (Wildman–Crippen MR) is 92.1 cm³/mol. The molecule has 1 heterocycles. The average Bonchev–Trinajstić information content (AvgIpc) is 2.93. The zero-order valence-electron chi connectivity index (χ0n) is 12.8. The Morgan fingerprint density at radius 2 is 1.90 bits per heavy atom. The van der Waals surface area contributed by atoms with Crippen LogP contribution in [0.25, 0.3) is 0 Å². The van der Waals surface area contributed by atoms with E-state index in [1.165, 1.54) is 28.0 Å². The lowest BCUT2D eigenvalue weighted by Gasteiger charge is -2.24. The second-order valence-corrected chi connectivity index (χ2v) is 7.04. The number of thioether (sulfide) groups is 1. The van der Waals surface area contributed by atoms with Crippen molar-refractivity contribution >= 4 is 11.8 Å². The van der Waals surface area contributed by atoms with Crippen molar-refractivity contribution in [2.24, 2.45) is 0 Å². The lowest BCUT2D eigenvalue weighted by molar-refractivity contribution is 0.505. The van der Waals surface area contributed by atoms with Gasteiger partial charge in [-0.3, -0.25) is 0 Å². The molecule has 3 rings (SSSR count). The smallest absolute Gasteiger partial charge is 0.0292 e. The number of benzene rings is 2. The molecule has 2 atom stereocenters. The highest BCUT2D eigenvalue weighted by molar-refractivity contribution is 8.00. The molecule has 0 spiro atoms. The topological polar surface area (TPSA) is 12.0 Å². The molecule has 0 amide bonds. The standard InChI is InChI=1S/C19H23NS/c1-3-20-17(12-15-9-5-4-8-14(15)2)19-13-16-10-6-7-11-18(16)21-19/h4-11,17,19-20H,3,12-13H2,1-2H3. The average molecular weight is 297 g/mol. The van der Waals surface area contributed by atoms with E-state index in [4.69, 9.17) is 0 Å². The summed E-state index contributed by atoms with van der Waals surface area (Å²) in [4.78, 5) is 1.47. The van der Waals surface area contributed by atoms with E-state index >= 15 is 0 Å². The minimum Gasteiger partial charge on any atom is -0.313 e. The lowest BCUT2D eigenvalue weighted by Crippen LogP contribution is -2.40. The van der Waals surface area contributed by atoms with Crippen LogP contribution in [0.15, 0.2) is 53.4 Å². The van der Waals surface area contributed by atoms with Crippen molar-refractivity contribution in [1.29, 1.82) is 0 Å². The van der Waals surface area contributed by atoms with Gasteiger partial charge in [-0.15, -0.1) is 11.8 Å². The largest absolute Gasteiger partial charge is 0.313 e. The van der Waals surface area contributed by atoms with Gasteiger partial charge in [0.1, 0.15) is 0 Å². The Kier molecular flexibility index (Phi) is 4.67. The molecule has 2 unspecified atom stereocenters. The monoisotopic (exact) mass is 297 g/mol. The van der Waals surface area contributed by atoms with E-state index in [2.05, 4.69) is 67.7 Å². The quantitative estimate of drug-likeness (QED) is 0.886. The van der Waals surface area contributed by atoms with Crippen molar-refractivity contribution in [2.45, 2.75) is 42.9 Å². The summed E-state index contributed by atoms with van der Waals surface area (Å²) in [6, 6.07) is 18.2. The molecule has 2 aromatic rings. The third kappa shape index (κ3) is 3.33. The molecule has 1 aliphatic heterocycles. The molecule has 21 heavy (non-hydrogen) atoms. The van der Waals surface area contributed by atoms with E-state index < -0.39 is 0 Å². The second kappa shape index (κ2) is 6.67. The first-order valence-corrected chi connectivity index (χ1v) is 8.68. The van der Waals surface area contributed by atoms with Crippen LogP contribution >= 0.6 is 11.8 Å². The van der Waals surface area contributed by atoms with Gasteiger partial charge in [0.25, 0.3) is 0 Å². The summed E-state index contributed by atoms with van der Waals surface area (Å²) < 4.78 is 0. The highest BCUT2D eigenvalue weighted by Gasteiger charge is 2.29. The minimum atomic E-state index is 0.536. The summed E-state index contributed by atoms with van der Waals surface area (Å²) >= 11 is 2.05. The molecule has 0 bridgehead atoms. The fourth-order valence-electron chi connectivity index (χ4n) is 3.11. The molecule has 2 heteroatoms. The van der Waals surface area contributed by atoms with Gasteiger partial charge in [0.05, 0.1) is 0 Å². The van der Waals surface area contributed by atoms with E-state index in [-0.39, 0.29) is 0 Å². The zero-order valence-corrected chi connectivity index (χ0v) is 13.6. The van der Waals surface area contributed by atoms with Crippen LogP contribution < -0.4 is 5.32 Å². The van der Waals surface area contributed by atoms with Crippen molar-refractivity contribution in [3.8, 4) is 0 Å². The van der Waals surface area contributed by atoms with Gasteiger partial charge in [-0.2, -0.15) is 0 Å². The maximum atomic E-state index is 3.71. The molecule has 0 radical (unpaired) electrons. The molecular weight excluding hydrogens is 274 g/mol. The predicted octanol–water partition coefficient (Wildman–Crippen LogP) is 4.23. The van der Waals surface area contributed by atoms with E-state index in [0.717, 1.165) is 13.0 Å². The van der Waals surface area contributed by atoms with Gasteiger partial charge >= 0.3 is 0 Å². The molecule has 0 aromatic heterocycles. The molecule has 110 valence electrons. The Labute approximate surface area is 132 Å². The van der Waals surface area contributed by atoms with Gasteiger partial charge < -0.3 is 5.32 Å². The molecule has 0 saturated carbocycles. The highest BCUT2D eigenvalue weighted by atomic mass is 32.2. The highest BCUT2D eigenvalue weighted by Crippen LogP contribution is 2.39. The fourth-order valence-corrected chi connectivity index (χ4v) is 4.51. The van der Waals surface area contributed by atoms with E-state index in [1.807, 2.05) is 11.8 Å². The van der Waals surface area contributed by atoms with Crippen molar-refractivity contribution in [2.75, 3.05) is 6.54 Å². The van der Waals surface area contributed by atoms with Crippen LogP contribution in [0.1, 0.15) is 23.6 Å². The second-order valence-electron chi connectivity index (χ2n) is 5.76. The summed E-state index contributed by atoms with van der Waals surface area (Å²) in [5.74, 6) is 0. The van der Waals surface area contributed by atoms with Crippen molar-refractivity contribution in [1.82, 2.24) is 5.32 Å². The fraction of sp³-hybridized carbons (Fsp3) is 0.368. The Morgan fingerprint density at radius 1 is 1.14 bits per heavy atom. The number of rotatable bonds is 5. The van der Waals surface area contributed by atoms with E-state index in [1.54, 1.807) is 0 Å². The first-order valence-electron chi connectivity index (χ1n) is 7.80. The van der Waals surface area contributed by atoms with Gasteiger partial charge in [0.15, 0.2) is 0 Å². The molecule has 1 aliphatic rings. The van der Waals surface area contributed by atoms with Gasteiger partial charge in [-0.05, 0) is 49.1 Å². The summed E-state index contributed by atoms with van der Waals surface area (Å²) in [7, 11) is 0. The van der Waals surface area contributed by atoms with E-state index in [9.17, 15) is 0 Å². The first-order chi connectivity index (χ1) is 10.3. The summed E-state index contributed by atoms with van der Waals surface area (Å²) in [6.45, 7) is 5.45. The van der Waals surface area contributed by atoms with Crippen LogP contribution in [0.4, 0.5) is 0 Å². The van der Waals surface area contributed by atoms with Gasteiger partial charge in [0.2, 0.25) is 0 Å². The molecular formula is C19H23NS. The van der Waals surface area contributed by atoms with Crippen LogP contribution in [-0.4, -0.2) is 17.8 Å². The number of hydrogen-bond acceptors (Lipinski definition) is 2.